The molecule has 1 amide bonds. The molecule has 35 heavy (non-hydrogen) atoms. The highest BCUT2D eigenvalue weighted by Gasteiger charge is 2.37. The maximum absolute atomic E-state index is 13.0. The second-order valence-corrected chi connectivity index (χ2v) is 8.30. The van der Waals surface area contributed by atoms with E-state index < -0.39 is 16.8 Å². The van der Waals surface area contributed by atoms with Gasteiger partial charge < -0.3 is 10.1 Å². The van der Waals surface area contributed by atoms with Crippen LogP contribution in [0.3, 0.4) is 0 Å². The molecule has 1 heterocycles. The summed E-state index contributed by atoms with van der Waals surface area (Å²) in [6.07, 6.45) is -2.31. The van der Waals surface area contributed by atoms with Gasteiger partial charge in [-0.05, 0) is 55.2 Å². The molecule has 1 aliphatic rings. The van der Waals surface area contributed by atoms with Crippen molar-refractivity contribution in [1.82, 2.24) is 15.1 Å². The molecule has 11 heteroatoms. The Bertz CT molecular complexity index is 1200. The van der Waals surface area contributed by atoms with Crippen LogP contribution in [-0.4, -0.2) is 27.2 Å². The Morgan fingerprint density at radius 1 is 1.17 bits per heavy atom. The second-order valence-electron chi connectivity index (χ2n) is 8.30. The Morgan fingerprint density at radius 3 is 2.57 bits per heavy atom. The summed E-state index contributed by atoms with van der Waals surface area (Å²) < 4.78 is 46.1. The van der Waals surface area contributed by atoms with E-state index in [0.717, 1.165) is 24.5 Å². The number of amides is 1. The van der Waals surface area contributed by atoms with Gasteiger partial charge >= 0.3 is 6.18 Å². The molecule has 184 valence electrons. The quantitative estimate of drug-likeness (QED) is 0.244. The van der Waals surface area contributed by atoms with E-state index in [4.69, 9.17) is 4.74 Å². The van der Waals surface area contributed by atoms with Gasteiger partial charge in [-0.3, -0.25) is 19.6 Å². The third-order valence-corrected chi connectivity index (χ3v) is 5.57. The number of non-ortho nitro benzene ring substituents is 1. The Balaban J connectivity index is 1.27. The molecule has 0 atom stereocenters. The van der Waals surface area contributed by atoms with Crippen molar-refractivity contribution in [2.45, 2.75) is 44.5 Å². The predicted octanol–water partition coefficient (Wildman–Crippen LogP) is 5.09. The third-order valence-electron chi connectivity index (χ3n) is 5.57. The topological polar surface area (TPSA) is 99.3 Å². The van der Waals surface area contributed by atoms with Crippen molar-refractivity contribution < 1.29 is 27.6 Å². The summed E-state index contributed by atoms with van der Waals surface area (Å²) in [6, 6.07) is 13.7. The summed E-state index contributed by atoms with van der Waals surface area (Å²) in [4.78, 5) is 22.7. The van der Waals surface area contributed by atoms with Crippen LogP contribution in [0.25, 0.3) is 0 Å². The molecule has 1 saturated carbocycles. The number of alkyl halides is 3. The van der Waals surface area contributed by atoms with Gasteiger partial charge in [0.1, 0.15) is 12.4 Å². The SMILES string of the molecule is O=C(NCCCn1nc(C(F)(F)F)cc1C1CC1)c1cccc(COc2ccc([N+](=O)[O-])cc2)c1. The molecule has 4 rings (SSSR count). The van der Waals surface area contributed by atoms with Gasteiger partial charge in [0.05, 0.1) is 4.92 Å². The van der Waals surface area contributed by atoms with Crippen molar-refractivity contribution in [1.29, 1.82) is 0 Å². The molecule has 3 aromatic rings. The number of rotatable bonds is 10. The standard InChI is InChI=1S/C24H23F3N4O4/c25-24(26,27)22-14-21(17-5-6-17)30(29-22)12-2-11-28-23(32)18-4-1-3-16(13-18)15-35-20-9-7-19(8-10-20)31(33)34/h1,3-4,7-10,13-14,17H,2,5-6,11-12,15H2,(H,28,32). The van der Waals surface area contributed by atoms with Crippen LogP contribution in [0.5, 0.6) is 5.75 Å². The number of aryl methyl sites for hydroxylation is 1. The fourth-order valence-corrected chi connectivity index (χ4v) is 3.62. The summed E-state index contributed by atoms with van der Waals surface area (Å²) in [5, 5.41) is 17.2. The molecule has 0 aliphatic heterocycles. The molecule has 0 saturated heterocycles. The highest BCUT2D eigenvalue weighted by Crippen LogP contribution is 2.42. The zero-order valence-corrected chi connectivity index (χ0v) is 18.6. The summed E-state index contributed by atoms with van der Waals surface area (Å²) in [7, 11) is 0. The molecule has 1 N–H and O–H groups in total. The number of halogens is 3. The zero-order chi connectivity index (χ0) is 25.0. The van der Waals surface area contributed by atoms with E-state index in [1.54, 1.807) is 24.3 Å². The van der Waals surface area contributed by atoms with Gasteiger partial charge in [-0.1, -0.05) is 12.1 Å². The van der Waals surface area contributed by atoms with Crippen molar-refractivity contribution in [2.75, 3.05) is 6.54 Å². The lowest BCUT2D eigenvalue weighted by Gasteiger charge is -2.10. The minimum atomic E-state index is -4.48. The number of aromatic nitrogens is 2. The van der Waals surface area contributed by atoms with E-state index >= 15 is 0 Å². The minimum absolute atomic E-state index is 0.0341. The Labute approximate surface area is 198 Å². The van der Waals surface area contributed by atoms with Crippen LogP contribution >= 0.6 is 0 Å². The first-order chi connectivity index (χ1) is 16.7. The van der Waals surface area contributed by atoms with Crippen molar-refractivity contribution in [2.24, 2.45) is 0 Å². The van der Waals surface area contributed by atoms with E-state index in [1.165, 1.54) is 28.9 Å². The average Bonchev–Trinajstić information content (AvgIpc) is 3.58. The van der Waals surface area contributed by atoms with E-state index in [1.807, 2.05) is 0 Å². The average molecular weight is 488 g/mol. The minimum Gasteiger partial charge on any atom is -0.489 e. The Kier molecular flexibility index (Phi) is 7.04. The second kappa shape index (κ2) is 10.2. The van der Waals surface area contributed by atoms with Crippen LogP contribution in [-0.2, 0) is 19.3 Å². The highest BCUT2D eigenvalue weighted by atomic mass is 19.4. The molecule has 0 bridgehead atoms. The number of benzene rings is 2. The molecule has 1 aromatic heterocycles. The summed E-state index contributed by atoms with van der Waals surface area (Å²) >= 11 is 0. The first-order valence-electron chi connectivity index (χ1n) is 11.1. The molecule has 0 radical (unpaired) electrons. The van der Waals surface area contributed by atoms with Crippen LogP contribution in [0.2, 0.25) is 0 Å². The lowest BCUT2D eigenvalue weighted by Crippen LogP contribution is -2.25. The lowest BCUT2D eigenvalue weighted by atomic mass is 10.1. The third kappa shape index (κ3) is 6.37. The van der Waals surface area contributed by atoms with Crippen molar-refractivity contribution in [3.63, 3.8) is 0 Å². The fourth-order valence-electron chi connectivity index (χ4n) is 3.62. The molecular weight excluding hydrogens is 465 g/mol. The molecular formula is C24H23F3N4O4. The maximum atomic E-state index is 13.0. The van der Waals surface area contributed by atoms with Crippen LogP contribution in [0.1, 0.15) is 52.5 Å². The van der Waals surface area contributed by atoms with Gasteiger partial charge in [0, 0.05) is 42.4 Å². The first-order valence-corrected chi connectivity index (χ1v) is 11.1. The summed E-state index contributed by atoms with van der Waals surface area (Å²) in [5.41, 5.74) is 0.849. The van der Waals surface area contributed by atoms with E-state index in [-0.39, 0.29) is 37.2 Å². The number of ether oxygens (including phenoxy) is 1. The number of nitro groups is 1. The Hall–Kier alpha value is -3.89. The number of carbonyl (C=O) groups excluding carboxylic acids is 1. The molecule has 0 spiro atoms. The van der Waals surface area contributed by atoms with Gasteiger partial charge in [-0.25, -0.2) is 0 Å². The largest absolute Gasteiger partial charge is 0.489 e. The molecule has 0 unspecified atom stereocenters. The zero-order valence-electron chi connectivity index (χ0n) is 18.6. The number of nitro benzene ring substituents is 1. The highest BCUT2D eigenvalue weighted by molar-refractivity contribution is 5.94. The van der Waals surface area contributed by atoms with Gasteiger partial charge in [-0.2, -0.15) is 18.3 Å². The normalized spacial score (nSPS) is 13.5. The van der Waals surface area contributed by atoms with Crippen molar-refractivity contribution in [3.05, 3.63) is 87.2 Å². The molecule has 8 nitrogen and oxygen atoms in total. The van der Waals surface area contributed by atoms with Gasteiger partial charge in [0.15, 0.2) is 5.69 Å². The van der Waals surface area contributed by atoms with Gasteiger partial charge in [-0.15, -0.1) is 0 Å². The number of hydrogen-bond donors (Lipinski definition) is 1. The number of nitrogens with one attached hydrogen (secondary N) is 1. The van der Waals surface area contributed by atoms with Crippen LogP contribution < -0.4 is 10.1 Å². The molecule has 1 aliphatic carbocycles. The van der Waals surface area contributed by atoms with E-state index in [0.29, 0.717) is 23.4 Å². The Morgan fingerprint density at radius 2 is 1.91 bits per heavy atom. The van der Waals surface area contributed by atoms with E-state index in [2.05, 4.69) is 10.4 Å². The van der Waals surface area contributed by atoms with E-state index in [9.17, 15) is 28.1 Å². The van der Waals surface area contributed by atoms with Crippen molar-refractivity contribution in [3.8, 4) is 5.75 Å². The van der Waals surface area contributed by atoms with Crippen LogP contribution in [0.15, 0.2) is 54.6 Å². The molecule has 1 fully saturated rings. The number of hydrogen-bond acceptors (Lipinski definition) is 5. The summed E-state index contributed by atoms with van der Waals surface area (Å²) in [6.45, 7) is 0.739. The first kappa shape index (κ1) is 24.2. The van der Waals surface area contributed by atoms with Crippen LogP contribution in [0.4, 0.5) is 18.9 Å². The van der Waals surface area contributed by atoms with Crippen LogP contribution in [0, 0.1) is 10.1 Å². The van der Waals surface area contributed by atoms with Gasteiger partial charge in [0.2, 0.25) is 0 Å². The number of carbonyl (C=O) groups is 1. The summed E-state index contributed by atoms with van der Waals surface area (Å²) in [5.74, 6) is 0.286. The lowest BCUT2D eigenvalue weighted by molar-refractivity contribution is -0.384. The number of nitrogens with zero attached hydrogens (tertiary/aromatic N) is 3. The fraction of sp³-hybridized carbons (Fsp3) is 0.333. The predicted molar refractivity (Wildman–Crippen MR) is 120 cm³/mol. The van der Waals surface area contributed by atoms with Crippen molar-refractivity contribution >= 4 is 11.6 Å². The van der Waals surface area contributed by atoms with Gasteiger partial charge in [0.25, 0.3) is 11.6 Å². The molecule has 2 aromatic carbocycles. The smallest absolute Gasteiger partial charge is 0.435 e. The monoisotopic (exact) mass is 488 g/mol. The maximum Gasteiger partial charge on any atom is 0.435 e.